The van der Waals surface area contributed by atoms with Gasteiger partial charge in [0.2, 0.25) is 0 Å². The molecule has 1 aliphatic rings. The van der Waals surface area contributed by atoms with Gasteiger partial charge >= 0.3 is 6.18 Å². The third-order valence-electron chi connectivity index (χ3n) is 5.53. The second kappa shape index (κ2) is 9.13. The molecule has 2 heterocycles. The Kier molecular flexibility index (Phi) is 6.24. The molecule has 34 heavy (non-hydrogen) atoms. The van der Waals surface area contributed by atoms with Crippen molar-refractivity contribution in [1.29, 1.82) is 5.26 Å². The van der Waals surface area contributed by atoms with Crippen LogP contribution in [-0.2, 0) is 11.0 Å². The summed E-state index contributed by atoms with van der Waals surface area (Å²) in [5, 5.41) is 23.7. The van der Waals surface area contributed by atoms with Crippen molar-refractivity contribution in [3.63, 3.8) is 0 Å². The van der Waals surface area contributed by atoms with Crippen molar-refractivity contribution in [2.45, 2.75) is 25.1 Å². The van der Waals surface area contributed by atoms with E-state index in [1.165, 1.54) is 25.6 Å². The number of nitrogens with zero attached hydrogens (tertiary/aromatic N) is 3. The van der Waals surface area contributed by atoms with E-state index < -0.39 is 17.9 Å². The number of carbonyl (C=O) groups is 1. The van der Waals surface area contributed by atoms with Crippen LogP contribution in [0.15, 0.2) is 70.8 Å². The Morgan fingerprint density at radius 3 is 2.68 bits per heavy atom. The number of pyridine rings is 1. The van der Waals surface area contributed by atoms with E-state index in [4.69, 9.17) is 4.42 Å². The maximum absolute atomic E-state index is 13.1. The van der Waals surface area contributed by atoms with Gasteiger partial charge in [0.15, 0.2) is 5.78 Å². The molecule has 4 rings (SSSR count). The van der Waals surface area contributed by atoms with E-state index in [1.807, 2.05) is 0 Å². The minimum Gasteiger partial charge on any atom is -0.472 e. The lowest BCUT2D eigenvalue weighted by atomic mass is 9.89. The first-order chi connectivity index (χ1) is 16.2. The van der Waals surface area contributed by atoms with Gasteiger partial charge in [0.05, 0.1) is 30.2 Å². The van der Waals surface area contributed by atoms with E-state index in [2.05, 4.69) is 16.4 Å². The van der Waals surface area contributed by atoms with Crippen molar-refractivity contribution in [3.8, 4) is 17.2 Å². The Balaban J connectivity index is 1.82. The molecule has 0 radical (unpaired) electrons. The lowest BCUT2D eigenvalue weighted by Gasteiger charge is -2.27. The Morgan fingerprint density at radius 2 is 2.03 bits per heavy atom. The van der Waals surface area contributed by atoms with Crippen molar-refractivity contribution >= 4 is 11.5 Å². The fourth-order valence-corrected chi connectivity index (χ4v) is 4.04. The SMILES string of the molecule is CN(O)C(C1=C(Nc2ccnc(C(F)(F)F)c2)CCC1=O)c1ccc(C#N)cc1-c1ccoc1. The summed E-state index contributed by atoms with van der Waals surface area (Å²) < 4.78 is 44.4. The van der Waals surface area contributed by atoms with Crippen molar-refractivity contribution in [1.82, 2.24) is 10.0 Å². The number of hydroxylamine groups is 2. The molecule has 1 atom stereocenters. The number of furan rings is 1. The molecule has 0 bridgehead atoms. The van der Waals surface area contributed by atoms with Crippen LogP contribution in [0.25, 0.3) is 11.1 Å². The van der Waals surface area contributed by atoms with Gasteiger partial charge in [-0.25, -0.2) is 0 Å². The van der Waals surface area contributed by atoms with Gasteiger partial charge in [-0.15, -0.1) is 0 Å². The summed E-state index contributed by atoms with van der Waals surface area (Å²) in [6.07, 6.45) is -0.236. The number of nitrogens with one attached hydrogen (secondary N) is 1. The molecule has 2 aromatic heterocycles. The Bertz CT molecular complexity index is 1290. The number of halogens is 3. The summed E-state index contributed by atoms with van der Waals surface area (Å²) in [5.74, 6) is -0.249. The summed E-state index contributed by atoms with van der Waals surface area (Å²) >= 11 is 0. The lowest BCUT2D eigenvalue weighted by Crippen LogP contribution is -2.26. The van der Waals surface area contributed by atoms with Crippen LogP contribution < -0.4 is 5.32 Å². The number of benzene rings is 1. The molecule has 0 saturated heterocycles. The lowest BCUT2D eigenvalue weighted by molar-refractivity contribution is -0.141. The number of rotatable bonds is 6. The van der Waals surface area contributed by atoms with Crippen molar-refractivity contribution < 1.29 is 27.6 Å². The van der Waals surface area contributed by atoms with Gasteiger partial charge in [0, 0.05) is 42.2 Å². The molecular formula is C24H19F3N4O3. The molecule has 0 fully saturated rings. The van der Waals surface area contributed by atoms with Crippen LogP contribution >= 0.6 is 0 Å². The highest BCUT2D eigenvalue weighted by molar-refractivity contribution is 6.01. The van der Waals surface area contributed by atoms with Crippen LogP contribution in [0.1, 0.15) is 35.7 Å². The molecule has 174 valence electrons. The highest BCUT2D eigenvalue weighted by Crippen LogP contribution is 2.41. The summed E-state index contributed by atoms with van der Waals surface area (Å²) in [4.78, 5) is 16.3. The second-order valence-corrected chi connectivity index (χ2v) is 7.77. The van der Waals surface area contributed by atoms with Crippen LogP contribution in [0.3, 0.4) is 0 Å². The van der Waals surface area contributed by atoms with Crippen molar-refractivity contribution in [2.75, 3.05) is 12.4 Å². The highest BCUT2D eigenvalue weighted by atomic mass is 19.4. The van der Waals surface area contributed by atoms with E-state index in [0.29, 0.717) is 28.0 Å². The quantitative estimate of drug-likeness (QED) is 0.472. The van der Waals surface area contributed by atoms with Crippen LogP contribution in [0.4, 0.5) is 18.9 Å². The zero-order chi connectivity index (χ0) is 24.5. The van der Waals surface area contributed by atoms with E-state index in [-0.39, 0.29) is 29.9 Å². The maximum Gasteiger partial charge on any atom is 0.433 e. The average Bonchev–Trinajstić information content (AvgIpc) is 3.45. The smallest absolute Gasteiger partial charge is 0.433 e. The molecule has 0 spiro atoms. The van der Waals surface area contributed by atoms with Crippen molar-refractivity contribution in [2.24, 2.45) is 0 Å². The number of anilines is 1. The monoisotopic (exact) mass is 468 g/mol. The normalized spacial score (nSPS) is 15.0. The molecule has 0 saturated carbocycles. The van der Waals surface area contributed by atoms with E-state index in [1.54, 1.807) is 24.3 Å². The first-order valence-electron chi connectivity index (χ1n) is 10.2. The van der Waals surface area contributed by atoms with Crippen molar-refractivity contribution in [3.05, 3.63) is 83.2 Å². The van der Waals surface area contributed by atoms with Gasteiger partial charge < -0.3 is 14.9 Å². The fourth-order valence-electron chi connectivity index (χ4n) is 4.04. The molecule has 1 unspecified atom stereocenters. The zero-order valence-electron chi connectivity index (χ0n) is 17.9. The Morgan fingerprint density at radius 1 is 1.24 bits per heavy atom. The molecule has 1 aromatic carbocycles. The zero-order valence-corrected chi connectivity index (χ0v) is 17.9. The molecule has 7 nitrogen and oxygen atoms in total. The number of aromatic nitrogens is 1. The number of allylic oxidation sites excluding steroid dienone is 1. The predicted octanol–water partition coefficient (Wildman–Crippen LogP) is 5.32. The fraction of sp³-hybridized carbons (Fsp3) is 0.208. The molecular weight excluding hydrogens is 449 g/mol. The third kappa shape index (κ3) is 4.57. The molecule has 2 N–H and O–H groups in total. The third-order valence-corrected chi connectivity index (χ3v) is 5.53. The van der Waals surface area contributed by atoms with Gasteiger partial charge in [0.25, 0.3) is 0 Å². The first-order valence-corrected chi connectivity index (χ1v) is 10.2. The number of likely N-dealkylation sites (N-methyl/N-ethyl adjacent to an activating group) is 1. The van der Waals surface area contributed by atoms with Crippen LogP contribution in [-0.4, -0.2) is 28.1 Å². The predicted molar refractivity (Wildman–Crippen MR) is 115 cm³/mol. The summed E-state index contributed by atoms with van der Waals surface area (Å²) in [6, 6.07) is 9.89. The van der Waals surface area contributed by atoms with Gasteiger partial charge in [-0.3, -0.25) is 9.78 Å². The number of Topliss-reactive ketones (excluding diaryl/α,β-unsaturated/α-hetero) is 1. The van der Waals surface area contributed by atoms with Gasteiger partial charge in [-0.05, 0) is 47.9 Å². The van der Waals surface area contributed by atoms with Gasteiger partial charge in [-0.1, -0.05) is 6.07 Å². The standard InChI is InChI=1S/C24H19F3N4O3/c1-31(33)23(17-3-2-14(12-28)10-18(17)15-7-9-34-13-15)22-19(4-5-20(22)32)30-16-6-8-29-21(11-16)24(25,26)27/h2-3,6-11,13,23,33H,4-5H2,1H3,(H,29,30). The topological polar surface area (TPSA) is 102 Å². The number of alkyl halides is 3. The van der Waals surface area contributed by atoms with Gasteiger partial charge in [0.1, 0.15) is 5.69 Å². The summed E-state index contributed by atoms with van der Waals surface area (Å²) in [6.45, 7) is 0. The van der Waals surface area contributed by atoms with Gasteiger partial charge in [-0.2, -0.15) is 23.5 Å². The number of nitriles is 1. The average molecular weight is 468 g/mol. The first kappa shape index (κ1) is 23.2. The van der Waals surface area contributed by atoms with E-state index in [9.17, 15) is 28.4 Å². The Hall–Kier alpha value is -3.94. The number of hydrogen-bond donors (Lipinski definition) is 2. The van der Waals surface area contributed by atoms with E-state index >= 15 is 0 Å². The minimum absolute atomic E-state index is 0.124. The van der Waals surface area contributed by atoms with Crippen LogP contribution in [0.2, 0.25) is 0 Å². The molecule has 0 amide bonds. The molecule has 3 aromatic rings. The second-order valence-electron chi connectivity index (χ2n) is 7.77. The Labute approximate surface area is 192 Å². The highest BCUT2D eigenvalue weighted by Gasteiger charge is 2.36. The number of carbonyl (C=O) groups excluding carboxylic acids is 1. The van der Waals surface area contributed by atoms with Crippen LogP contribution in [0.5, 0.6) is 0 Å². The maximum atomic E-state index is 13.1. The molecule has 0 aliphatic heterocycles. The summed E-state index contributed by atoms with van der Waals surface area (Å²) in [5.41, 5.74) is 1.81. The summed E-state index contributed by atoms with van der Waals surface area (Å²) in [7, 11) is 1.38. The molecule has 1 aliphatic carbocycles. The number of ketones is 1. The molecule has 10 heteroatoms. The number of hydrogen-bond acceptors (Lipinski definition) is 7. The minimum atomic E-state index is -4.61. The van der Waals surface area contributed by atoms with E-state index in [0.717, 1.165) is 17.3 Å². The van der Waals surface area contributed by atoms with Crippen LogP contribution in [0, 0.1) is 11.3 Å². The largest absolute Gasteiger partial charge is 0.472 e.